The molecule has 4 nitrogen and oxygen atoms in total. The van der Waals surface area contributed by atoms with Crippen LogP contribution in [-0.4, -0.2) is 17.0 Å². The number of carbonyl (C=O) groups excluding carboxylic acids is 1. The molecule has 1 aromatic carbocycles. The molecule has 1 aromatic rings. The zero-order chi connectivity index (χ0) is 13.8. The van der Waals surface area contributed by atoms with Gasteiger partial charge in [-0.25, -0.2) is 0 Å². The Bertz CT molecular complexity index is 461. The Morgan fingerprint density at radius 3 is 2.11 bits per heavy atom. The van der Waals surface area contributed by atoms with E-state index in [1.165, 1.54) is 0 Å². The third-order valence-corrected chi connectivity index (χ3v) is 4.16. The fourth-order valence-electron chi connectivity index (χ4n) is 2.28. The predicted molar refractivity (Wildman–Crippen MR) is 77.9 cm³/mol. The number of hydrogen-bond acceptors (Lipinski definition) is 3. The summed E-state index contributed by atoms with van der Waals surface area (Å²) in [5, 5.41) is 8.91. The minimum atomic E-state index is -0.760. The summed E-state index contributed by atoms with van der Waals surface area (Å²) >= 11 is 2.19. The van der Waals surface area contributed by atoms with Crippen molar-refractivity contribution >= 4 is 34.5 Å². The number of benzene rings is 1. The summed E-state index contributed by atoms with van der Waals surface area (Å²) < 4.78 is 6.40. The monoisotopic (exact) mass is 374 g/mol. The maximum Gasteiger partial charge on any atom is 0.314 e. The first-order valence-corrected chi connectivity index (χ1v) is 7.34. The van der Waals surface area contributed by atoms with Gasteiger partial charge in [0.05, 0.1) is 11.8 Å². The summed E-state index contributed by atoms with van der Waals surface area (Å²) in [5.74, 6) is -0.933. The lowest BCUT2D eigenvalue weighted by Crippen LogP contribution is -2.28. The molecule has 0 aromatic heterocycles. The fourth-order valence-corrected chi connectivity index (χ4v) is 2.64. The summed E-state index contributed by atoms with van der Waals surface area (Å²) in [6.45, 7) is 0. The summed E-state index contributed by atoms with van der Waals surface area (Å²) in [7, 11) is 0. The molecule has 102 valence electrons. The number of rotatable bonds is 3. The quantitative estimate of drug-likeness (QED) is 0.502. The first-order valence-electron chi connectivity index (χ1n) is 6.26. The molecule has 0 heterocycles. The van der Waals surface area contributed by atoms with Crippen molar-refractivity contribution in [2.24, 2.45) is 11.8 Å². The Morgan fingerprint density at radius 2 is 1.58 bits per heavy atom. The maximum absolute atomic E-state index is 12.0. The summed E-state index contributed by atoms with van der Waals surface area (Å²) in [5.41, 5.74) is 0. The van der Waals surface area contributed by atoms with Crippen LogP contribution in [0, 0.1) is 15.4 Å². The van der Waals surface area contributed by atoms with Crippen molar-refractivity contribution in [3.05, 3.63) is 27.8 Å². The van der Waals surface area contributed by atoms with Crippen LogP contribution in [0.5, 0.6) is 5.75 Å². The third-order valence-electron chi connectivity index (χ3n) is 3.44. The molecule has 0 aliphatic heterocycles. The molecule has 0 atom stereocenters. The number of halogens is 1. The van der Waals surface area contributed by atoms with Crippen molar-refractivity contribution < 1.29 is 19.4 Å². The number of ether oxygens (including phenoxy) is 1. The lowest BCUT2D eigenvalue weighted by Gasteiger charge is -2.24. The van der Waals surface area contributed by atoms with E-state index in [2.05, 4.69) is 22.6 Å². The molecular weight excluding hydrogens is 359 g/mol. The van der Waals surface area contributed by atoms with Gasteiger partial charge in [0, 0.05) is 3.57 Å². The van der Waals surface area contributed by atoms with Gasteiger partial charge in [-0.1, -0.05) is 0 Å². The molecule has 5 heteroatoms. The lowest BCUT2D eigenvalue weighted by molar-refractivity contribution is -0.146. The molecule has 0 bridgehead atoms. The highest BCUT2D eigenvalue weighted by Gasteiger charge is 2.30. The first kappa shape index (κ1) is 14.3. The van der Waals surface area contributed by atoms with Gasteiger partial charge < -0.3 is 9.84 Å². The molecule has 1 fully saturated rings. The van der Waals surface area contributed by atoms with E-state index in [4.69, 9.17) is 9.84 Å². The molecule has 0 spiro atoms. The van der Waals surface area contributed by atoms with Crippen LogP contribution < -0.4 is 4.74 Å². The molecule has 1 N–H and O–H groups in total. The van der Waals surface area contributed by atoms with Crippen LogP contribution in [0.25, 0.3) is 0 Å². The van der Waals surface area contributed by atoms with Crippen molar-refractivity contribution in [3.63, 3.8) is 0 Å². The minimum absolute atomic E-state index is 0.171. The molecule has 1 saturated carbocycles. The van der Waals surface area contributed by atoms with Gasteiger partial charge in [-0.15, -0.1) is 0 Å². The molecule has 0 unspecified atom stereocenters. The van der Waals surface area contributed by atoms with Crippen molar-refractivity contribution in [1.29, 1.82) is 0 Å². The Morgan fingerprint density at radius 1 is 1.05 bits per heavy atom. The van der Waals surface area contributed by atoms with E-state index in [-0.39, 0.29) is 17.8 Å². The average Bonchev–Trinajstić information content (AvgIpc) is 2.41. The van der Waals surface area contributed by atoms with Crippen molar-refractivity contribution in [2.45, 2.75) is 25.7 Å². The average molecular weight is 374 g/mol. The molecule has 0 amide bonds. The van der Waals surface area contributed by atoms with E-state index in [9.17, 15) is 9.59 Å². The highest BCUT2D eigenvalue weighted by molar-refractivity contribution is 14.1. The summed E-state index contributed by atoms with van der Waals surface area (Å²) in [4.78, 5) is 22.8. The number of carboxylic acid groups (broad SMARTS) is 1. The van der Waals surface area contributed by atoms with Gasteiger partial charge in [-0.3, -0.25) is 9.59 Å². The standard InChI is InChI=1S/C14H15IO4/c15-11-5-7-12(8-6-11)19-14(18)10-3-1-9(2-4-10)13(16)17/h5-10H,1-4H2,(H,16,17). The number of carboxylic acids is 1. The Hall–Kier alpha value is -1.11. The highest BCUT2D eigenvalue weighted by atomic mass is 127. The molecule has 19 heavy (non-hydrogen) atoms. The van der Waals surface area contributed by atoms with Gasteiger partial charge in [0.2, 0.25) is 0 Å². The van der Waals surface area contributed by atoms with Gasteiger partial charge in [-0.2, -0.15) is 0 Å². The zero-order valence-corrected chi connectivity index (χ0v) is 12.5. The summed E-state index contributed by atoms with van der Waals surface area (Å²) in [6, 6.07) is 7.29. The number of aliphatic carboxylic acids is 1. The Balaban J connectivity index is 1.88. The van der Waals surface area contributed by atoms with Gasteiger partial charge >= 0.3 is 11.9 Å². The van der Waals surface area contributed by atoms with Crippen molar-refractivity contribution in [1.82, 2.24) is 0 Å². The van der Waals surface area contributed by atoms with Gasteiger partial charge in [0.1, 0.15) is 5.75 Å². The lowest BCUT2D eigenvalue weighted by atomic mass is 9.82. The van der Waals surface area contributed by atoms with Gasteiger partial charge in [0.25, 0.3) is 0 Å². The summed E-state index contributed by atoms with van der Waals surface area (Å²) in [6.07, 6.45) is 2.31. The van der Waals surface area contributed by atoms with Crippen LogP contribution in [0.15, 0.2) is 24.3 Å². The SMILES string of the molecule is O=C(O)C1CCC(C(=O)Oc2ccc(I)cc2)CC1. The predicted octanol–water partition coefficient (Wildman–Crippen LogP) is 3.09. The zero-order valence-electron chi connectivity index (χ0n) is 10.3. The van der Waals surface area contributed by atoms with Crippen LogP contribution in [0.1, 0.15) is 25.7 Å². The molecule has 1 aliphatic carbocycles. The molecular formula is C14H15IO4. The van der Waals surface area contributed by atoms with Crippen molar-refractivity contribution in [3.8, 4) is 5.75 Å². The fraction of sp³-hybridized carbons (Fsp3) is 0.429. The maximum atomic E-state index is 12.0. The molecule has 2 rings (SSSR count). The smallest absolute Gasteiger partial charge is 0.314 e. The largest absolute Gasteiger partial charge is 0.481 e. The second kappa shape index (κ2) is 6.36. The molecule has 0 radical (unpaired) electrons. The number of hydrogen-bond donors (Lipinski definition) is 1. The Labute approximate surface area is 125 Å². The molecule has 1 aliphatic rings. The van der Waals surface area contributed by atoms with Crippen LogP contribution in [0.2, 0.25) is 0 Å². The van der Waals surface area contributed by atoms with Gasteiger partial charge in [-0.05, 0) is 72.5 Å². The van der Waals surface area contributed by atoms with E-state index >= 15 is 0 Å². The van der Waals surface area contributed by atoms with E-state index in [0.29, 0.717) is 31.4 Å². The first-order chi connectivity index (χ1) is 9.06. The topological polar surface area (TPSA) is 63.6 Å². The Kier molecular flexibility index (Phi) is 4.79. The number of esters is 1. The second-order valence-corrected chi connectivity index (χ2v) is 6.01. The van der Waals surface area contributed by atoms with Crippen molar-refractivity contribution in [2.75, 3.05) is 0 Å². The van der Waals surface area contributed by atoms with Crippen LogP contribution in [0.3, 0.4) is 0 Å². The second-order valence-electron chi connectivity index (χ2n) is 4.76. The van der Waals surface area contributed by atoms with Crippen LogP contribution >= 0.6 is 22.6 Å². The van der Waals surface area contributed by atoms with Gasteiger partial charge in [0.15, 0.2) is 0 Å². The normalized spacial score (nSPS) is 22.8. The number of carbonyl (C=O) groups is 2. The minimum Gasteiger partial charge on any atom is -0.481 e. The van der Waals surface area contributed by atoms with Crippen LogP contribution in [-0.2, 0) is 9.59 Å². The third kappa shape index (κ3) is 3.92. The van der Waals surface area contributed by atoms with E-state index in [0.717, 1.165) is 3.57 Å². The van der Waals surface area contributed by atoms with E-state index in [1.807, 2.05) is 12.1 Å². The van der Waals surface area contributed by atoms with E-state index < -0.39 is 5.97 Å². The molecule has 0 saturated heterocycles. The van der Waals surface area contributed by atoms with E-state index in [1.54, 1.807) is 12.1 Å². The highest BCUT2D eigenvalue weighted by Crippen LogP contribution is 2.30. The van der Waals surface area contributed by atoms with Crippen LogP contribution in [0.4, 0.5) is 0 Å².